The summed E-state index contributed by atoms with van der Waals surface area (Å²) < 4.78 is 38.5. The van der Waals surface area contributed by atoms with Crippen molar-refractivity contribution in [2.75, 3.05) is 31.4 Å². The van der Waals surface area contributed by atoms with Crippen LogP contribution in [0.3, 0.4) is 0 Å². The van der Waals surface area contributed by atoms with Gasteiger partial charge in [-0.25, -0.2) is 0 Å². The van der Waals surface area contributed by atoms with Crippen LogP contribution in [0.5, 0.6) is 0 Å². The maximum absolute atomic E-state index is 12.5. The van der Waals surface area contributed by atoms with E-state index in [1.807, 2.05) is 32.0 Å². The lowest BCUT2D eigenvalue weighted by atomic mass is 10.1. The number of carbonyl (C=O) groups excluding carboxylic acids is 1. The first-order chi connectivity index (χ1) is 10.9. The van der Waals surface area contributed by atoms with Crippen molar-refractivity contribution in [3.63, 3.8) is 0 Å². The normalized spacial score (nSPS) is 15.9. The Balaban J connectivity index is 0.00000576. The highest BCUT2D eigenvalue weighted by atomic mass is 79.9. The van der Waals surface area contributed by atoms with E-state index in [1.54, 1.807) is 13.8 Å². The van der Waals surface area contributed by atoms with E-state index in [0.717, 1.165) is 11.1 Å². The van der Waals surface area contributed by atoms with Crippen molar-refractivity contribution < 1.29 is 33.1 Å². The number of hydrogen-bond donors (Lipinski definition) is 1. The molecular weight excluding hydrogens is 316 g/mol. The summed E-state index contributed by atoms with van der Waals surface area (Å²) in [5.41, 5.74) is 2.52. The second kappa shape index (κ2) is 8.42. The lowest BCUT2D eigenvalue weighted by Gasteiger charge is -2.35. The van der Waals surface area contributed by atoms with Gasteiger partial charge < -0.3 is 26.8 Å². The number of hydrogen-bond acceptors (Lipinski definition) is 1. The lowest BCUT2D eigenvalue weighted by Crippen LogP contribution is -3.00. The molecule has 114 valence electrons. The number of nitrogens with zero attached hydrogens (tertiary/aromatic N) is 1. The Labute approximate surface area is 140 Å². The predicted molar refractivity (Wildman–Crippen MR) is 81.3 cm³/mol. The third kappa shape index (κ3) is 4.60. The van der Waals surface area contributed by atoms with Crippen LogP contribution >= 0.6 is 0 Å². The van der Waals surface area contributed by atoms with Crippen molar-refractivity contribution in [2.45, 2.75) is 34.5 Å². The predicted octanol–water partition coefficient (Wildman–Crippen LogP) is 0.122. The van der Waals surface area contributed by atoms with Crippen LogP contribution in [0.15, 0.2) is 18.2 Å². The van der Waals surface area contributed by atoms with Gasteiger partial charge in [-0.15, -0.1) is 0 Å². The molecule has 3 nitrogen and oxygen atoms in total. The monoisotopic (exact) mass is 347 g/mol. The summed E-state index contributed by atoms with van der Waals surface area (Å²) >= 11 is 0. The first-order valence-corrected chi connectivity index (χ1v) is 6.64. The Morgan fingerprint density at radius 2 is 1.85 bits per heavy atom. The Hall–Kier alpha value is -0.870. The van der Waals surface area contributed by atoms with Gasteiger partial charge in [0.15, 0.2) is 6.54 Å². The van der Waals surface area contributed by atoms with E-state index in [9.17, 15) is 4.79 Å². The summed E-state index contributed by atoms with van der Waals surface area (Å²) in [6, 6.07) is 5.66. The number of anilines is 1. The van der Waals surface area contributed by atoms with E-state index in [2.05, 4.69) is 5.32 Å². The highest BCUT2D eigenvalue weighted by Crippen LogP contribution is 2.19. The number of quaternary nitrogens is 1. The van der Waals surface area contributed by atoms with E-state index in [1.165, 1.54) is 0 Å². The molecule has 0 bridgehead atoms. The van der Waals surface area contributed by atoms with Crippen LogP contribution in [0.2, 0.25) is 0 Å². The Morgan fingerprint density at radius 1 is 1.30 bits per heavy atom. The van der Waals surface area contributed by atoms with Crippen LogP contribution < -0.4 is 22.3 Å². The number of carbonyl (C=O) groups is 1. The van der Waals surface area contributed by atoms with Crippen LogP contribution in [0.1, 0.15) is 38.7 Å². The van der Waals surface area contributed by atoms with Gasteiger partial charge in [-0.3, -0.25) is 4.79 Å². The number of amides is 1. The molecule has 1 N–H and O–H groups in total. The van der Waals surface area contributed by atoms with Crippen LogP contribution in [-0.2, 0) is 4.79 Å². The van der Waals surface area contributed by atoms with Crippen molar-refractivity contribution in [1.82, 2.24) is 0 Å². The van der Waals surface area contributed by atoms with Crippen LogP contribution in [-0.4, -0.2) is 36.5 Å². The fourth-order valence-corrected chi connectivity index (χ4v) is 2.11. The quantitative estimate of drug-likeness (QED) is 0.728. The smallest absolute Gasteiger partial charge is 0.279 e. The highest BCUT2D eigenvalue weighted by Gasteiger charge is 2.25. The molecule has 1 rings (SSSR count). The highest BCUT2D eigenvalue weighted by molar-refractivity contribution is 5.93. The van der Waals surface area contributed by atoms with Gasteiger partial charge in [-0.2, -0.15) is 0 Å². The second-order valence-electron chi connectivity index (χ2n) is 4.86. The Kier molecular flexibility index (Phi) is 4.95. The van der Waals surface area contributed by atoms with Gasteiger partial charge in [-0.1, -0.05) is 18.2 Å². The first-order valence-electron chi connectivity index (χ1n) is 9.14. The summed E-state index contributed by atoms with van der Waals surface area (Å²) in [4.78, 5) is 12.5. The third-order valence-corrected chi connectivity index (χ3v) is 3.64. The minimum Gasteiger partial charge on any atom is -1.00 e. The molecule has 0 spiro atoms. The third-order valence-electron chi connectivity index (χ3n) is 3.64. The topological polar surface area (TPSA) is 29.1 Å². The number of para-hydroxylation sites is 1. The molecule has 0 aromatic heterocycles. The molecule has 0 fully saturated rings. The van der Waals surface area contributed by atoms with Crippen molar-refractivity contribution >= 4 is 11.6 Å². The summed E-state index contributed by atoms with van der Waals surface area (Å²) in [6.07, 6.45) is 0. The van der Waals surface area contributed by atoms with Crippen molar-refractivity contribution in [3.05, 3.63) is 29.3 Å². The van der Waals surface area contributed by atoms with Crippen LogP contribution in [0.25, 0.3) is 0 Å². The molecule has 0 heterocycles. The molecule has 0 saturated carbocycles. The van der Waals surface area contributed by atoms with Crippen molar-refractivity contribution in [3.8, 4) is 0 Å². The van der Waals surface area contributed by atoms with Gasteiger partial charge in [0.25, 0.3) is 5.91 Å². The molecule has 0 radical (unpaired) electrons. The second-order valence-corrected chi connectivity index (χ2v) is 4.86. The Bertz CT molecular complexity index is 580. The standard InChI is InChI=1S/C16H26N2O.BrH/c1-6-18(7-2,8-3)12-15(19)17-16-13(4)10-9-11-14(16)5;/h9-11H,6-8,12H2,1-5H3;1H/i1D3,6D2;. The average molecular weight is 348 g/mol. The zero-order chi connectivity index (χ0) is 18.8. The van der Waals surface area contributed by atoms with Crippen LogP contribution in [0, 0.1) is 13.8 Å². The van der Waals surface area contributed by atoms with E-state index in [-0.39, 0.29) is 42.5 Å². The number of halogens is 1. The Morgan fingerprint density at radius 3 is 2.30 bits per heavy atom. The fraction of sp³-hybridized carbons (Fsp3) is 0.562. The van der Waals surface area contributed by atoms with Crippen LogP contribution in [0.4, 0.5) is 5.69 Å². The number of rotatable bonds is 6. The minimum absolute atomic E-state index is 0. The zero-order valence-electron chi connectivity index (χ0n) is 17.6. The molecule has 0 unspecified atom stereocenters. The number of benzene rings is 1. The summed E-state index contributed by atoms with van der Waals surface area (Å²) in [5, 5.41) is 2.82. The lowest BCUT2D eigenvalue weighted by molar-refractivity contribution is -0.915. The summed E-state index contributed by atoms with van der Waals surface area (Å²) in [5.74, 6) is -0.385. The summed E-state index contributed by atoms with van der Waals surface area (Å²) in [7, 11) is 0. The van der Waals surface area contributed by atoms with Gasteiger partial charge in [0.05, 0.1) is 22.3 Å². The molecule has 1 aromatic carbocycles. The van der Waals surface area contributed by atoms with Gasteiger partial charge in [0, 0.05) is 9.80 Å². The molecule has 0 aliphatic heterocycles. The fourth-order valence-electron chi connectivity index (χ4n) is 2.11. The van der Waals surface area contributed by atoms with E-state index >= 15 is 0 Å². The zero-order valence-corrected chi connectivity index (χ0v) is 14.2. The van der Waals surface area contributed by atoms with E-state index < -0.39 is 17.8 Å². The summed E-state index contributed by atoms with van der Waals surface area (Å²) in [6.45, 7) is 2.06. The molecule has 20 heavy (non-hydrogen) atoms. The molecule has 0 saturated heterocycles. The molecule has 0 atom stereocenters. The molecule has 1 amide bonds. The molecule has 4 heteroatoms. The molecule has 0 aliphatic rings. The van der Waals surface area contributed by atoms with E-state index in [4.69, 9.17) is 6.85 Å². The van der Waals surface area contributed by atoms with Gasteiger partial charge in [0.2, 0.25) is 0 Å². The van der Waals surface area contributed by atoms with Crippen molar-refractivity contribution in [2.24, 2.45) is 0 Å². The molecular formula is C16H27BrN2O. The maximum Gasteiger partial charge on any atom is 0.279 e. The largest absolute Gasteiger partial charge is 1.00 e. The molecule has 1 aromatic rings. The number of likely N-dealkylation sites (N-methyl/N-ethyl adjacent to an activating group) is 1. The molecule has 0 aliphatic carbocycles. The first kappa shape index (κ1) is 11.8. The number of nitrogens with one attached hydrogen (secondary N) is 1. The van der Waals surface area contributed by atoms with Gasteiger partial charge in [-0.05, 0) is 45.7 Å². The van der Waals surface area contributed by atoms with Crippen molar-refractivity contribution in [1.29, 1.82) is 0 Å². The SMILES string of the molecule is [2H]C([2H])([2H])C([2H])([2H])[N+](CC)(CC)CC(=O)Nc1c(C)cccc1C.[Br-]. The van der Waals surface area contributed by atoms with E-state index in [0.29, 0.717) is 5.69 Å². The minimum atomic E-state index is -2.81. The number of aryl methyl sites for hydroxylation is 2. The average Bonchev–Trinajstić information content (AvgIpc) is 2.47. The van der Waals surface area contributed by atoms with Gasteiger partial charge >= 0.3 is 0 Å². The van der Waals surface area contributed by atoms with Gasteiger partial charge in [0.1, 0.15) is 0 Å². The maximum atomic E-state index is 12.5.